The lowest BCUT2D eigenvalue weighted by molar-refractivity contribution is 0.434. The second-order valence-corrected chi connectivity index (χ2v) is 9.61. The molecule has 0 radical (unpaired) electrons. The van der Waals surface area contributed by atoms with Crippen LogP contribution < -0.4 is 15.6 Å². The number of benzene rings is 2. The summed E-state index contributed by atoms with van der Waals surface area (Å²) in [6.45, 7) is 8.27. The predicted molar refractivity (Wildman–Crippen MR) is 148 cm³/mol. The summed E-state index contributed by atoms with van der Waals surface area (Å²) < 4.78 is 0. The molecule has 1 fully saturated rings. The first-order valence-electron chi connectivity index (χ1n) is 12.1. The maximum absolute atomic E-state index is 6.38. The van der Waals surface area contributed by atoms with Crippen molar-refractivity contribution in [1.29, 1.82) is 0 Å². The van der Waals surface area contributed by atoms with E-state index in [1.165, 1.54) is 5.56 Å². The van der Waals surface area contributed by atoms with Crippen molar-refractivity contribution in [2.75, 3.05) is 28.7 Å². The Balaban J connectivity index is 1.42. The third-order valence-electron chi connectivity index (χ3n) is 6.61. The highest BCUT2D eigenvalue weighted by Gasteiger charge is 2.20. The molecule has 184 valence electrons. The van der Waals surface area contributed by atoms with E-state index in [0.717, 1.165) is 48.1 Å². The largest absolute Gasteiger partial charge is 0.341 e. The number of aromatic nitrogens is 4. The maximum Gasteiger partial charge on any atom is 0.250 e. The van der Waals surface area contributed by atoms with Crippen LogP contribution in [0.4, 0.5) is 23.5 Å². The van der Waals surface area contributed by atoms with Crippen LogP contribution in [-0.2, 0) is 0 Å². The molecule has 2 N–H and O–H groups in total. The third kappa shape index (κ3) is 5.39. The SMILES string of the molecule is Cc1cccc(Nc2nc(N/N=C\c3cc4ccccc4nc3Cl)nc(N3CCC(C)CC3)n2)c1C. The van der Waals surface area contributed by atoms with Crippen LogP contribution in [0.3, 0.4) is 0 Å². The lowest BCUT2D eigenvalue weighted by Gasteiger charge is -2.30. The zero-order chi connectivity index (χ0) is 25.1. The predicted octanol–water partition coefficient (Wildman–Crippen LogP) is 6.12. The minimum Gasteiger partial charge on any atom is -0.341 e. The molecule has 0 spiro atoms. The van der Waals surface area contributed by atoms with Gasteiger partial charge in [0.2, 0.25) is 17.8 Å². The van der Waals surface area contributed by atoms with Crippen molar-refractivity contribution in [2.45, 2.75) is 33.6 Å². The molecule has 0 amide bonds. The molecule has 8 nitrogen and oxygen atoms in total. The van der Waals surface area contributed by atoms with Crippen LogP contribution in [-0.4, -0.2) is 39.2 Å². The monoisotopic (exact) mass is 500 g/mol. The summed E-state index contributed by atoms with van der Waals surface area (Å²) in [6, 6.07) is 15.9. The normalized spacial score (nSPS) is 14.5. The average molecular weight is 501 g/mol. The van der Waals surface area contributed by atoms with E-state index in [0.29, 0.717) is 34.5 Å². The molecule has 4 aromatic rings. The first-order valence-corrected chi connectivity index (χ1v) is 12.5. The summed E-state index contributed by atoms with van der Waals surface area (Å²) in [5, 5.41) is 9.10. The van der Waals surface area contributed by atoms with E-state index in [4.69, 9.17) is 16.6 Å². The van der Waals surface area contributed by atoms with Crippen LogP contribution in [0.1, 0.15) is 36.5 Å². The first-order chi connectivity index (χ1) is 17.5. The van der Waals surface area contributed by atoms with Crippen molar-refractivity contribution in [3.63, 3.8) is 0 Å². The van der Waals surface area contributed by atoms with E-state index >= 15 is 0 Å². The highest BCUT2D eigenvalue weighted by atomic mass is 35.5. The van der Waals surface area contributed by atoms with Gasteiger partial charge in [0.1, 0.15) is 5.15 Å². The number of hydrogen-bond donors (Lipinski definition) is 2. The van der Waals surface area contributed by atoms with E-state index in [1.807, 2.05) is 42.5 Å². The number of halogens is 1. The number of para-hydroxylation sites is 1. The highest BCUT2D eigenvalue weighted by molar-refractivity contribution is 6.32. The summed E-state index contributed by atoms with van der Waals surface area (Å²) in [7, 11) is 0. The minimum atomic E-state index is 0.354. The molecule has 0 unspecified atom stereocenters. The number of aryl methyl sites for hydroxylation is 1. The van der Waals surface area contributed by atoms with Crippen molar-refractivity contribution >= 4 is 52.3 Å². The molecular weight excluding hydrogens is 472 g/mol. The summed E-state index contributed by atoms with van der Waals surface area (Å²) in [5.41, 5.74) is 7.82. The molecular formula is C27H29ClN8. The molecule has 0 bridgehead atoms. The van der Waals surface area contributed by atoms with E-state index in [9.17, 15) is 0 Å². The lowest BCUT2D eigenvalue weighted by atomic mass is 10.00. The first kappa shape index (κ1) is 23.9. The van der Waals surface area contributed by atoms with E-state index in [-0.39, 0.29) is 0 Å². The number of pyridine rings is 1. The number of hydrazone groups is 1. The molecule has 0 atom stereocenters. The van der Waals surface area contributed by atoms with Gasteiger partial charge in [0, 0.05) is 29.7 Å². The van der Waals surface area contributed by atoms with Gasteiger partial charge >= 0.3 is 0 Å². The fraction of sp³-hybridized carbons (Fsp3) is 0.296. The fourth-order valence-corrected chi connectivity index (χ4v) is 4.38. The number of anilines is 4. The van der Waals surface area contributed by atoms with Crippen molar-refractivity contribution in [1.82, 2.24) is 19.9 Å². The Morgan fingerprint density at radius 1 is 0.972 bits per heavy atom. The summed E-state index contributed by atoms with van der Waals surface area (Å²) >= 11 is 6.38. The Bertz CT molecular complexity index is 1410. The minimum absolute atomic E-state index is 0.354. The molecule has 0 aliphatic carbocycles. The Kier molecular flexibility index (Phi) is 6.95. The molecule has 3 heterocycles. The fourth-order valence-electron chi connectivity index (χ4n) is 4.19. The zero-order valence-electron chi connectivity index (χ0n) is 20.7. The second-order valence-electron chi connectivity index (χ2n) is 9.26. The maximum atomic E-state index is 6.38. The smallest absolute Gasteiger partial charge is 0.250 e. The molecule has 1 aliphatic heterocycles. The van der Waals surface area contributed by atoms with Gasteiger partial charge in [-0.25, -0.2) is 10.4 Å². The number of nitrogens with one attached hydrogen (secondary N) is 2. The number of nitrogens with zero attached hydrogens (tertiary/aromatic N) is 6. The van der Waals surface area contributed by atoms with Crippen LogP contribution in [0.2, 0.25) is 5.15 Å². The third-order valence-corrected chi connectivity index (χ3v) is 6.92. The molecule has 9 heteroatoms. The van der Waals surface area contributed by atoms with Gasteiger partial charge in [-0.2, -0.15) is 20.1 Å². The summed E-state index contributed by atoms with van der Waals surface area (Å²) in [5.74, 6) is 2.16. The van der Waals surface area contributed by atoms with E-state index in [2.05, 4.69) is 62.5 Å². The molecule has 2 aromatic heterocycles. The van der Waals surface area contributed by atoms with Crippen LogP contribution in [0, 0.1) is 19.8 Å². The van der Waals surface area contributed by atoms with Crippen molar-refractivity contribution < 1.29 is 0 Å². The van der Waals surface area contributed by atoms with Crippen molar-refractivity contribution in [2.24, 2.45) is 11.0 Å². The van der Waals surface area contributed by atoms with Gasteiger partial charge < -0.3 is 10.2 Å². The number of fused-ring (bicyclic) bond motifs is 1. The van der Waals surface area contributed by atoms with Crippen LogP contribution in [0.5, 0.6) is 0 Å². The highest BCUT2D eigenvalue weighted by Crippen LogP contribution is 2.25. The quantitative estimate of drug-likeness (QED) is 0.187. The zero-order valence-corrected chi connectivity index (χ0v) is 21.4. The molecule has 1 saturated heterocycles. The van der Waals surface area contributed by atoms with Gasteiger partial charge in [0.25, 0.3) is 0 Å². The summed E-state index contributed by atoms with van der Waals surface area (Å²) in [4.78, 5) is 20.6. The van der Waals surface area contributed by atoms with Crippen molar-refractivity contribution in [3.8, 4) is 0 Å². The molecule has 5 rings (SSSR count). The topological polar surface area (TPSA) is 91.2 Å². The molecule has 1 aliphatic rings. The Morgan fingerprint density at radius 2 is 1.75 bits per heavy atom. The van der Waals surface area contributed by atoms with Crippen LogP contribution >= 0.6 is 11.6 Å². The van der Waals surface area contributed by atoms with Gasteiger partial charge in [-0.15, -0.1) is 0 Å². The Labute approximate surface area is 215 Å². The number of piperidine rings is 1. The van der Waals surface area contributed by atoms with Gasteiger partial charge in [-0.05, 0) is 61.9 Å². The van der Waals surface area contributed by atoms with E-state index < -0.39 is 0 Å². The molecule has 36 heavy (non-hydrogen) atoms. The number of hydrogen-bond acceptors (Lipinski definition) is 8. The van der Waals surface area contributed by atoms with Gasteiger partial charge in [-0.3, -0.25) is 0 Å². The average Bonchev–Trinajstić information content (AvgIpc) is 2.87. The lowest BCUT2D eigenvalue weighted by Crippen LogP contribution is -2.34. The van der Waals surface area contributed by atoms with Crippen LogP contribution in [0.25, 0.3) is 10.9 Å². The molecule has 2 aromatic carbocycles. The van der Waals surface area contributed by atoms with Gasteiger partial charge in [-0.1, -0.05) is 48.9 Å². The summed E-state index contributed by atoms with van der Waals surface area (Å²) in [6.07, 6.45) is 3.85. The van der Waals surface area contributed by atoms with E-state index in [1.54, 1.807) is 6.21 Å². The number of rotatable bonds is 6. The van der Waals surface area contributed by atoms with Gasteiger partial charge in [0.15, 0.2) is 0 Å². The van der Waals surface area contributed by atoms with Gasteiger partial charge in [0.05, 0.1) is 11.7 Å². The molecule has 0 saturated carbocycles. The standard InChI is InChI=1S/C27H29ClN8/c1-17-11-13-36(14-12-17)27-33-25(31-22-10-6-7-18(2)19(22)3)32-26(34-27)35-29-16-21-15-20-8-4-5-9-23(20)30-24(21)28/h4-10,15-17H,11-14H2,1-3H3,(H2,31,32,33,34,35)/b29-16-. The Morgan fingerprint density at radius 3 is 2.58 bits per heavy atom. The van der Waals surface area contributed by atoms with Crippen molar-refractivity contribution in [3.05, 3.63) is 70.4 Å². The second kappa shape index (κ2) is 10.5. The van der Waals surface area contributed by atoms with Crippen LogP contribution in [0.15, 0.2) is 53.6 Å². The Hall–Kier alpha value is -3.78.